The van der Waals surface area contributed by atoms with Gasteiger partial charge in [0.1, 0.15) is 0 Å². The van der Waals surface area contributed by atoms with Crippen LogP contribution in [0.2, 0.25) is 5.02 Å². The average Bonchev–Trinajstić information content (AvgIpc) is 2.87. The Bertz CT molecular complexity index is 846. The number of urea groups is 1. The SMILES string of the molecule is CNC[C@@H](CC1CCCCC1)NC(=O)N1CCC[C@H]([C@@H](OCCC(=O)NC(C)C)c2cccc(Cl)c2)C1. The van der Waals surface area contributed by atoms with Crippen molar-refractivity contribution in [2.75, 3.05) is 33.3 Å². The maximum atomic E-state index is 13.4. The van der Waals surface area contributed by atoms with Gasteiger partial charge in [0.15, 0.2) is 0 Å². The molecular weight excluding hydrogens is 488 g/mol. The minimum absolute atomic E-state index is 0.0157. The van der Waals surface area contributed by atoms with E-state index in [0.717, 1.165) is 37.9 Å². The van der Waals surface area contributed by atoms with Crippen LogP contribution in [0, 0.1) is 11.8 Å². The lowest BCUT2D eigenvalue weighted by molar-refractivity contribution is -0.123. The van der Waals surface area contributed by atoms with Crippen LogP contribution in [0.5, 0.6) is 0 Å². The summed E-state index contributed by atoms with van der Waals surface area (Å²) in [5.41, 5.74) is 0.995. The third-order valence-corrected chi connectivity index (χ3v) is 7.78. The normalized spacial score (nSPS) is 20.5. The van der Waals surface area contributed by atoms with Gasteiger partial charge in [-0.25, -0.2) is 4.79 Å². The van der Waals surface area contributed by atoms with Crippen molar-refractivity contribution in [2.45, 2.75) is 89.8 Å². The first-order chi connectivity index (χ1) is 17.9. The highest BCUT2D eigenvalue weighted by Crippen LogP contribution is 2.34. The Balaban J connectivity index is 1.63. The van der Waals surface area contributed by atoms with Crippen LogP contribution >= 0.6 is 11.6 Å². The molecule has 37 heavy (non-hydrogen) atoms. The maximum Gasteiger partial charge on any atom is 0.317 e. The predicted octanol–water partition coefficient (Wildman–Crippen LogP) is 5.29. The number of nitrogens with zero attached hydrogens (tertiary/aromatic N) is 1. The highest BCUT2D eigenvalue weighted by molar-refractivity contribution is 6.30. The van der Waals surface area contributed by atoms with Crippen LogP contribution in [0.25, 0.3) is 0 Å². The summed E-state index contributed by atoms with van der Waals surface area (Å²) in [6.45, 7) is 6.38. The second-order valence-corrected chi connectivity index (χ2v) is 11.5. The first-order valence-electron chi connectivity index (χ1n) is 14.2. The number of rotatable bonds is 12. The van der Waals surface area contributed by atoms with Gasteiger partial charge in [0.2, 0.25) is 5.91 Å². The number of ether oxygens (including phenoxy) is 1. The molecule has 0 unspecified atom stereocenters. The van der Waals surface area contributed by atoms with Crippen molar-refractivity contribution in [3.05, 3.63) is 34.9 Å². The van der Waals surface area contributed by atoms with Crippen LogP contribution in [0.3, 0.4) is 0 Å². The molecule has 0 radical (unpaired) electrons. The van der Waals surface area contributed by atoms with Gasteiger partial charge < -0.3 is 25.6 Å². The van der Waals surface area contributed by atoms with Gasteiger partial charge in [0.05, 0.1) is 12.7 Å². The number of benzene rings is 1. The largest absolute Gasteiger partial charge is 0.373 e. The molecule has 8 heteroatoms. The molecule has 0 aromatic heterocycles. The fraction of sp³-hybridized carbons (Fsp3) is 0.724. The Hall–Kier alpha value is -1.83. The molecule has 1 aromatic rings. The molecule has 3 N–H and O–H groups in total. The molecule has 7 nitrogen and oxygen atoms in total. The minimum Gasteiger partial charge on any atom is -0.373 e. The van der Waals surface area contributed by atoms with E-state index in [1.807, 2.05) is 50.1 Å². The summed E-state index contributed by atoms with van der Waals surface area (Å²) in [6.07, 6.45) is 9.50. The van der Waals surface area contributed by atoms with Gasteiger partial charge in [-0.15, -0.1) is 0 Å². The third kappa shape index (κ3) is 10.1. The number of amides is 3. The summed E-state index contributed by atoms with van der Waals surface area (Å²) in [6, 6.07) is 8.01. The van der Waals surface area contributed by atoms with Gasteiger partial charge in [-0.2, -0.15) is 0 Å². The summed E-state index contributed by atoms with van der Waals surface area (Å²) in [4.78, 5) is 27.5. The Morgan fingerprint density at radius 2 is 1.89 bits per heavy atom. The summed E-state index contributed by atoms with van der Waals surface area (Å²) in [5, 5.41) is 10.2. The first-order valence-corrected chi connectivity index (χ1v) is 14.6. The van der Waals surface area contributed by atoms with Gasteiger partial charge in [0, 0.05) is 49.1 Å². The number of hydrogen-bond donors (Lipinski definition) is 3. The van der Waals surface area contributed by atoms with Crippen LogP contribution < -0.4 is 16.0 Å². The molecule has 3 rings (SSSR count). The highest BCUT2D eigenvalue weighted by atomic mass is 35.5. The van der Waals surface area contributed by atoms with Gasteiger partial charge in [-0.1, -0.05) is 55.8 Å². The summed E-state index contributed by atoms with van der Waals surface area (Å²) >= 11 is 6.32. The number of hydrogen-bond acceptors (Lipinski definition) is 4. The molecule has 1 heterocycles. The Labute approximate surface area is 228 Å². The molecule has 208 valence electrons. The lowest BCUT2D eigenvalue weighted by Crippen LogP contribution is -2.52. The van der Waals surface area contributed by atoms with Crippen molar-refractivity contribution in [3.8, 4) is 0 Å². The van der Waals surface area contributed by atoms with Crippen LogP contribution in [0.4, 0.5) is 4.79 Å². The fourth-order valence-electron chi connectivity index (χ4n) is 5.83. The molecule has 1 saturated heterocycles. The van der Waals surface area contributed by atoms with E-state index in [0.29, 0.717) is 30.5 Å². The summed E-state index contributed by atoms with van der Waals surface area (Å²) in [7, 11) is 1.95. The van der Waals surface area contributed by atoms with Crippen molar-refractivity contribution in [3.63, 3.8) is 0 Å². The number of piperidine rings is 1. The number of likely N-dealkylation sites (N-methyl/N-ethyl adjacent to an activating group) is 1. The number of likely N-dealkylation sites (tertiary alicyclic amines) is 1. The van der Waals surface area contributed by atoms with Crippen molar-refractivity contribution in [2.24, 2.45) is 11.8 Å². The first kappa shape index (κ1) is 29.7. The van der Waals surface area contributed by atoms with E-state index in [4.69, 9.17) is 16.3 Å². The van der Waals surface area contributed by atoms with Crippen LogP contribution in [-0.4, -0.2) is 62.2 Å². The topological polar surface area (TPSA) is 82.7 Å². The van der Waals surface area contributed by atoms with E-state index in [1.54, 1.807) is 0 Å². The molecule has 2 fully saturated rings. The maximum absolute atomic E-state index is 13.4. The van der Waals surface area contributed by atoms with Crippen molar-refractivity contribution in [1.82, 2.24) is 20.9 Å². The molecule has 1 aromatic carbocycles. The Morgan fingerprint density at radius 1 is 1.11 bits per heavy atom. The second kappa shape index (κ2) is 15.6. The van der Waals surface area contributed by atoms with E-state index < -0.39 is 0 Å². The van der Waals surface area contributed by atoms with Gasteiger partial charge in [0.25, 0.3) is 0 Å². The summed E-state index contributed by atoms with van der Waals surface area (Å²) in [5.74, 6) is 0.820. The second-order valence-electron chi connectivity index (χ2n) is 11.1. The number of carbonyl (C=O) groups is 2. The van der Waals surface area contributed by atoms with E-state index in [-0.39, 0.29) is 36.0 Å². The molecule has 0 spiro atoms. The van der Waals surface area contributed by atoms with E-state index in [2.05, 4.69) is 16.0 Å². The lowest BCUT2D eigenvalue weighted by atomic mass is 9.85. The van der Waals surface area contributed by atoms with Crippen LogP contribution in [-0.2, 0) is 9.53 Å². The number of halogens is 1. The third-order valence-electron chi connectivity index (χ3n) is 7.55. The fourth-order valence-corrected chi connectivity index (χ4v) is 6.03. The van der Waals surface area contributed by atoms with Crippen molar-refractivity contribution in [1.29, 1.82) is 0 Å². The molecule has 3 amide bonds. The van der Waals surface area contributed by atoms with Crippen LogP contribution in [0.15, 0.2) is 24.3 Å². The number of carbonyl (C=O) groups excluding carboxylic acids is 2. The van der Waals surface area contributed by atoms with E-state index in [9.17, 15) is 9.59 Å². The molecule has 0 bridgehead atoms. The van der Waals surface area contributed by atoms with Gasteiger partial charge in [-0.05, 0) is 63.8 Å². The molecule has 1 aliphatic carbocycles. The number of nitrogens with one attached hydrogen (secondary N) is 3. The highest BCUT2D eigenvalue weighted by Gasteiger charge is 2.32. The molecule has 2 aliphatic rings. The molecule has 1 aliphatic heterocycles. The zero-order valence-corrected chi connectivity index (χ0v) is 23.7. The quantitative estimate of drug-likeness (QED) is 0.340. The minimum atomic E-state index is -0.225. The van der Waals surface area contributed by atoms with Crippen LogP contribution in [0.1, 0.15) is 83.3 Å². The Kier molecular flexibility index (Phi) is 12.5. The molecule has 1 saturated carbocycles. The average molecular weight is 535 g/mol. The Morgan fingerprint density at radius 3 is 2.59 bits per heavy atom. The van der Waals surface area contributed by atoms with E-state index >= 15 is 0 Å². The van der Waals surface area contributed by atoms with Gasteiger partial charge >= 0.3 is 6.03 Å². The van der Waals surface area contributed by atoms with Crippen molar-refractivity contribution >= 4 is 23.5 Å². The van der Waals surface area contributed by atoms with Crippen molar-refractivity contribution < 1.29 is 14.3 Å². The smallest absolute Gasteiger partial charge is 0.317 e. The van der Waals surface area contributed by atoms with E-state index in [1.165, 1.54) is 32.1 Å². The predicted molar refractivity (Wildman–Crippen MR) is 150 cm³/mol. The standard InChI is InChI=1S/C29H47ClN4O3/c1-21(2)32-27(35)14-16-37-28(23-11-7-13-25(30)18-23)24-12-8-15-34(20-24)29(36)33-26(19-31-3)17-22-9-5-4-6-10-22/h7,11,13,18,21-22,24,26,28,31H,4-6,8-10,12,14-17,19-20H2,1-3H3,(H,32,35)(H,33,36)/t24-,26+,28-/m0/s1. The zero-order chi connectivity index (χ0) is 26.6. The molecule has 3 atom stereocenters. The monoisotopic (exact) mass is 534 g/mol. The lowest BCUT2D eigenvalue weighted by Gasteiger charge is -2.38. The van der Waals surface area contributed by atoms with Gasteiger partial charge in [-0.3, -0.25) is 4.79 Å². The summed E-state index contributed by atoms with van der Waals surface area (Å²) < 4.78 is 6.34. The molecular formula is C29H47ClN4O3. The zero-order valence-electron chi connectivity index (χ0n) is 22.9.